The molecule has 3 aromatic rings. The molecule has 0 aliphatic carbocycles. The van der Waals surface area contributed by atoms with Crippen molar-refractivity contribution < 1.29 is 0 Å². The van der Waals surface area contributed by atoms with E-state index in [1.54, 1.807) is 0 Å². The van der Waals surface area contributed by atoms with E-state index in [9.17, 15) is 0 Å². The first-order valence-electron chi connectivity index (χ1n) is 7.91. The molecule has 0 bridgehead atoms. The van der Waals surface area contributed by atoms with Crippen LogP contribution in [0.2, 0.25) is 0 Å². The molecule has 0 radical (unpaired) electrons. The van der Waals surface area contributed by atoms with Gasteiger partial charge in [-0.2, -0.15) is 5.10 Å². The summed E-state index contributed by atoms with van der Waals surface area (Å²) in [6.07, 6.45) is 3.15. The molecular formula is C18H18N4. The van der Waals surface area contributed by atoms with Gasteiger partial charge in [0.2, 0.25) is 0 Å². The van der Waals surface area contributed by atoms with E-state index in [4.69, 9.17) is 5.10 Å². The third-order valence-electron chi connectivity index (χ3n) is 5.20. The molecule has 4 nitrogen and oxygen atoms in total. The summed E-state index contributed by atoms with van der Waals surface area (Å²) in [5, 5.41) is 9.47. The van der Waals surface area contributed by atoms with E-state index in [0.29, 0.717) is 11.5 Å². The number of para-hydroxylation sites is 1. The molecule has 1 N–H and O–H groups in total. The lowest BCUT2D eigenvalue weighted by Crippen LogP contribution is -2.55. The first-order chi connectivity index (χ1) is 10.8. The molecule has 0 saturated carbocycles. The topological polar surface area (TPSA) is 42.7 Å². The van der Waals surface area contributed by atoms with Crippen LogP contribution in [0.3, 0.4) is 0 Å². The maximum Gasteiger partial charge on any atom is 0.0942 e. The summed E-state index contributed by atoms with van der Waals surface area (Å²) in [4.78, 5) is 4.57. The fraction of sp³-hybridized carbons (Fsp3) is 0.333. The van der Waals surface area contributed by atoms with Crippen LogP contribution in [0.15, 0.2) is 42.6 Å². The molecule has 1 spiro atoms. The van der Waals surface area contributed by atoms with Crippen molar-refractivity contribution in [2.24, 2.45) is 0 Å². The maximum absolute atomic E-state index is 4.88. The highest BCUT2D eigenvalue weighted by Crippen LogP contribution is 2.44. The van der Waals surface area contributed by atoms with Gasteiger partial charge < -0.3 is 5.32 Å². The number of hydrogen-bond donors (Lipinski definition) is 1. The van der Waals surface area contributed by atoms with Crippen LogP contribution in [0.5, 0.6) is 0 Å². The van der Waals surface area contributed by atoms with E-state index in [0.717, 1.165) is 29.9 Å². The summed E-state index contributed by atoms with van der Waals surface area (Å²) >= 11 is 0. The molecule has 1 saturated heterocycles. The number of hydrogen-bond acceptors (Lipinski definition) is 3. The van der Waals surface area contributed by atoms with Gasteiger partial charge in [-0.15, -0.1) is 0 Å². The van der Waals surface area contributed by atoms with Crippen molar-refractivity contribution in [3.63, 3.8) is 0 Å². The van der Waals surface area contributed by atoms with Crippen LogP contribution in [-0.4, -0.2) is 27.9 Å². The van der Waals surface area contributed by atoms with E-state index < -0.39 is 0 Å². The Morgan fingerprint density at radius 1 is 1.23 bits per heavy atom. The Hall–Kier alpha value is -2.20. The van der Waals surface area contributed by atoms with Gasteiger partial charge in [-0.3, -0.25) is 9.67 Å². The van der Waals surface area contributed by atoms with Gasteiger partial charge in [-0.25, -0.2) is 0 Å². The van der Waals surface area contributed by atoms with Crippen LogP contribution in [0, 0.1) is 0 Å². The first-order valence-corrected chi connectivity index (χ1v) is 7.91. The van der Waals surface area contributed by atoms with E-state index in [1.165, 1.54) is 17.5 Å². The molecule has 2 aliphatic heterocycles. The lowest BCUT2D eigenvalue weighted by molar-refractivity contribution is 0.266. The average molecular weight is 290 g/mol. The Kier molecular flexibility index (Phi) is 2.34. The minimum atomic E-state index is 0.314. The summed E-state index contributed by atoms with van der Waals surface area (Å²) in [5.41, 5.74) is 4.89. The van der Waals surface area contributed by atoms with Crippen molar-refractivity contribution in [1.82, 2.24) is 20.1 Å². The van der Waals surface area contributed by atoms with Crippen LogP contribution < -0.4 is 5.32 Å². The largest absolute Gasteiger partial charge is 0.315 e. The lowest BCUT2D eigenvalue weighted by atomic mass is 9.76. The second-order valence-electron chi connectivity index (χ2n) is 6.71. The van der Waals surface area contributed by atoms with Crippen molar-refractivity contribution >= 4 is 10.9 Å². The SMILES string of the molecule is C[C@@H]1CC2(CNC2)c2cc(-c3cnc4ccccc4c3)nn21. The van der Waals surface area contributed by atoms with Crippen LogP contribution in [0.25, 0.3) is 22.2 Å². The van der Waals surface area contributed by atoms with Gasteiger partial charge in [-0.1, -0.05) is 18.2 Å². The summed E-state index contributed by atoms with van der Waals surface area (Å²) in [6, 6.07) is 13.2. The number of nitrogens with zero attached hydrogens (tertiary/aromatic N) is 3. The predicted molar refractivity (Wildman–Crippen MR) is 86.8 cm³/mol. The van der Waals surface area contributed by atoms with Gasteiger partial charge >= 0.3 is 0 Å². The maximum atomic E-state index is 4.88. The number of nitrogens with one attached hydrogen (secondary N) is 1. The Bertz CT molecular complexity index is 876. The van der Waals surface area contributed by atoms with Crippen LogP contribution in [-0.2, 0) is 5.41 Å². The molecule has 22 heavy (non-hydrogen) atoms. The summed E-state index contributed by atoms with van der Waals surface area (Å²) in [5.74, 6) is 0. The number of pyridine rings is 1. The first kappa shape index (κ1) is 12.4. The van der Waals surface area contributed by atoms with Gasteiger partial charge in [0.15, 0.2) is 0 Å². The molecule has 2 aliphatic rings. The average Bonchev–Trinajstić information content (AvgIpc) is 3.05. The minimum Gasteiger partial charge on any atom is -0.315 e. The monoisotopic (exact) mass is 290 g/mol. The third-order valence-corrected chi connectivity index (χ3v) is 5.20. The zero-order chi connectivity index (χ0) is 14.7. The van der Waals surface area contributed by atoms with Crippen molar-refractivity contribution in [2.45, 2.75) is 24.8 Å². The standard InChI is InChI=1S/C18H18N4/c1-12-8-18(10-19-11-18)17-7-16(21-22(12)17)14-6-13-4-2-3-5-15(13)20-9-14/h2-7,9,12,19H,8,10-11H2,1H3/t12-/m1/s1. The number of fused-ring (bicyclic) bond motifs is 3. The Balaban J connectivity index is 1.63. The van der Waals surface area contributed by atoms with Gasteiger partial charge in [0.25, 0.3) is 0 Å². The molecular weight excluding hydrogens is 272 g/mol. The van der Waals surface area contributed by atoms with Crippen LogP contribution in [0.1, 0.15) is 25.1 Å². The molecule has 1 atom stereocenters. The molecule has 4 heterocycles. The van der Waals surface area contributed by atoms with Gasteiger partial charge in [-0.05, 0) is 31.5 Å². The zero-order valence-corrected chi connectivity index (χ0v) is 12.6. The normalized spacial score (nSPS) is 22.0. The van der Waals surface area contributed by atoms with Gasteiger partial charge in [0, 0.05) is 41.3 Å². The Labute approximate surface area is 129 Å². The van der Waals surface area contributed by atoms with Crippen molar-refractivity contribution in [3.05, 3.63) is 48.3 Å². The molecule has 1 fully saturated rings. The Morgan fingerprint density at radius 2 is 2.09 bits per heavy atom. The van der Waals surface area contributed by atoms with Crippen molar-refractivity contribution in [3.8, 4) is 11.3 Å². The van der Waals surface area contributed by atoms with E-state index in [-0.39, 0.29) is 0 Å². The van der Waals surface area contributed by atoms with E-state index >= 15 is 0 Å². The second kappa shape index (κ2) is 4.17. The zero-order valence-electron chi connectivity index (χ0n) is 12.6. The summed E-state index contributed by atoms with van der Waals surface area (Å²) in [7, 11) is 0. The number of benzene rings is 1. The number of rotatable bonds is 1. The van der Waals surface area contributed by atoms with E-state index in [2.05, 4.69) is 46.2 Å². The summed E-state index contributed by atoms with van der Waals surface area (Å²) < 4.78 is 2.23. The lowest BCUT2D eigenvalue weighted by Gasteiger charge is -2.38. The highest BCUT2D eigenvalue weighted by atomic mass is 15.3. The third kappa shape index (κ3) is 1.56. The molecule has 1 aromatic carbocycles. The Morgan fingerprint density at radius 3 is 2.91 bits per heavy atom. The second-order valence-corrected chi connectivity index (χ2v) is 6.71. The highest BCUT2D eigenvalue weighted by molar-refractivity contribution is 5.82. The van der Waals surface area contributed by atoms with Gasteiger partial charge in [0.1, 0.15) is 0 Å². The van der Waals surface area contributed by atoms with Crippen molar-refractivity contribution in [2.75, 3.05) is 13.1 Å². The molecule has 5 rings (SSSR count). The van der Waals surface area contributed by atoms with Crippen LogP contribution >= 0.6 is 0 Å². The van der Waals surface area contributed by atoms with Crippen molar-refractivity contribution in [1.29, 1.82) is 0 Å². The molecule has 0 amide bonds. The summed E-state index contributed by atoms with van der Waals surface area (Å²) in [6.45, 7) is 4.43. The molecule has 4 heteroatoms. The highest BCUT2D eigenvalue weighted by Gasteiger charge is 2.48. The van der Waals surface area contributed by atoms with Crippen LogP contribution in [0.4, 0.5) is 0 Å². The molecule has 110 valence electrons. The van der Waals surface area contributed by atoms with Gasteiger partial charge in [0.05, 0.1) is 17.3 Å². The number of aromatic nitrogens is 3. The smallest absolute Gasteiger partial charge is 0.0942 e. The molecule has 2 aromatic heterocycles. The minimum absolute atomic E-state index is 0.314. The van der Waals surface area contributed by atoms with E-state index in [1.807, 2.05) is 18.3 Å². The fourth-order valence-electron chi connectivity index (χ4n) is 3.99. The quantitative estimate of drug-likeness (QED) is 0.749. The predicted octanol–water partition coefficient (Wildman–Crippen LogP) is 2.90. The fourth-order valence-corrected chi connectivity index (χ4v) is 3.99. The molecule has 0 unspecified atom stereocenters.